The summed E-state index contributed by atoms with van der Waals surface area (Å²) >= 11 is 5.97. The SMILES string of the molecule is CCOC1CC(NC(=O)c2ccncc2Cl)C1(C)C. The number of hydrogen-bond acceptors (Lipinski definition) is 3. The van der Waals surface area contributed by atoms with Crippen LogP contribution in [0.3, 0.4) is 0 Å². The first-order chi connectivity index (χ1) is 8.96. The zero-order valence-electron chi connectivity index (χ0n) is 11.4. The van der Waals surface area contributed by atoms with E-state index in [4.69, 9.17) is 16.3 Å². The molecule has 1 aromatic rings. The molecular weight excluding hydrogens is 264 g/mol. The third-order valence-electron chi connectivity index (χ3n) is 3.87. The van der Waals surface area contributed by atoms with Gasteiger partial charge in [-0.15, -0.1) is 0 Å². The van der Waals surface area contributed by atoms with Gasteiger partial charge in [0.2, 0.25) is 0 Å². The lowest BCUT2D eigenvalue weighted by Crippen LogP contribution is -2.62. The molecule has 0 aliphatic heterocycles. The van der Waals surface area contributed by atoms with E-state index in [0.717, 1.165) is 6.42 Å². The lowest BCUT2D eigenvalue weighted by Gasteiger charge is -2.51. The molecule has 5 heteroatoms. The van der Waals surface area contributed by atoms with Gasteiger partial charge in [-0.2, -0.15) is 0 Å². The number of aromatic nitrogens is 1. The minimum Gasteiger partial charge on any atom is -0.378 e. The number of carbonyl (C=O) groups excluding carboxylic acids is 1. The van der Waals surface area contributed by atoms with Crippen LogP contribution in [0.5, 0.6) is 0 Å². The van der Waals surface area contributed by atoms with Crippen LogP contribution in [0.1, 0.15) is 37.6 Å². The van der Waals surface area contributed by atoms with Crippen molar-refractivity contribution in [2.45, 2.75) is 39.3 Å². The number of carbonyl (C=O) groups is 1. The maximum atomic E-state index is 12.2. The Hall–Kier alpha value is -1.13. The molecule has 0 aromatic carbocycles. The minimum absolute atomic E-state index is 0.0504. The van der Waals surface area contributed by atoms with E-state index in [1.54, 1.807) is 12.3 Å². The van der Waals surface area contributed by atoms with Gasteiger partial charge in [0.15, 0.2) is 0 Å². The molecule has 1 N–H and O–H groups in total. The summed E-state index contributed by atoms with van der Waals surface area (Å²) in [5.41, 5.74) is 0.415. The van der Waals surface area contributed by atoms with Crippen LogP contribution in [0.2, 0.25) is 5.02 Å². The quantitative estimate of drug-likeness (QED) is 0.924. The van der Waals surface area contributed by atoms with Crippen LogP contribution in [-0.4, -0.2) is 29.6 Å². The van der Waals surface area contributed by atoms with Gasteiger partial charge in [0.25, 0.3) is 5.91 Å². The van der Waals surface area contributed by atoms with Crippen molar-refractivity contribution in [1.29, 1.82) is 0 Å². The molecule has 19 heavy (non-hydrogen) atoms. The van der Waals surface area contributed by atoms with Crippen molar-refractivity contribution >= 4 is 17.5 Å². The predicted octanol–water partition coefficient (Wildman–Crippen LogP) is 2.67. The molecule has 4 nitrogen and oxygen atoms in total. The second-order valence-corrected chi connectivity index (χ2v) is 5.79. The van der Waals surface area contributed by atoms with Crippen molar-refractivity contribution in [3.63, 3.8) is 0 Å². The molecule has 0 bridgehead atoms. The van der Waals surface area contributed by atoms with Gasteiger partial charge in [-0.05, 0) is 19.4 Å². The first-order valence-corrected chi connectivity index (χ1v) is 6.86. The Morgan fingerprint density at radius 2 is 2.37 bits per heavy atom. The van der Waals surface area contributed by atoms with Crippen LogP contribution in [0.15, 0.2) is 18.5 Å². The average Bonchev–Trinajstić information content (AvgIpc) is 2.38. The number of halogens is 1. The molecule has 0 saturated heterocycles. The smallest absolute Gasteiger partial charge is 0.253 e. The Labute approximate surface area is 118 Å². The van der Waals surface area contributed by atoms with Gasteiger partial charge in [-0.1, -0.05) is 25.4 Å². The monoisotopic (exact) mass is 282 g/mol. The molecular formula is C14H19ClN2O2. The van der Waals surface area contributed by atoms with Gasteiger partial charge in [0.1, 0.15) is 0 Å². The Bertz CT molecular complexity index is 476. The molecule has 0 radical (unpaired) electrons. The Morgan fingerprint density at radius 1 is 1.63 bits per heavy atom. The standard InChI is InChI=1S/C14H19ClN2O2/c1-4-19-12-7-11(14(12,2)3)17-13(18)9-5-6-16-8-10(9)15/h5-6,8,11-12H,4,7H2,1-3H3,(H,17,18). The normalized spacial score (nSPS) is 24.6. The van der Waals surface area contributed by atoms with Crippen LogP contribution < -0.4 is 5.32 Å². The van der Waals surface area contributed by atoms with E-state index < -0.39 is 0 Å². The number of rotatable bonds is 4. The van der Waals surface area contributed by atoms with Gasteiger partial charge in [0, 0.05) is 30.5 Å². The van der Waals surface area contributed by atoms with Crippen molar-refractivity contribution in [3.05, 3.63) is 29.0 Å². The fraction of sp³-hybridized carbons (Fsp3) is 0.571. The Balaban J connectivity index is 2.00. The largest absolute Gasteiger partial charge is 0.378 e. The van der Waals surface area contributed by atoms with E-state index in [-0.39, 0.29) is 23.5 Å². The third-order valence-corrected chi connectivity index (χ3v) is 4.17. The van der Waals surface area contributed by atoms with Gasteiger partial charge < -0.3 is 10.1 Å². The molecule has 1 heterocycles. The fourth-order valence-electron chi connectivity index (χ4n) is 2.41. The van der Waals surface area contributed by atoms with Crippen LogP contribution in [0.25, 0.3) is 0 Å². The first-order valence-electron chi connectivity index (χ1n) is 6.48. The summed E-state index contributed by atoms with van der Waals surface area (Å²) in [6, 6.07) is 1.74. The number of hydrogen-bond donors (Lipinski definition) is 1. The van der Waals surface area contributed by atoms with Gasteiger partial charge in [0.05, 0.1) is 16.7 Å². The van der Waals surface area contributed by atoms with Crippen LogP contribution in [0, 0.1) is 5.41 Å². The highest BCUT2D eigenvalue weighted by atomic mass is 35.5. The molecule has 1 fully saturated rings. The Morgan fingerprint density at radius 3 is 2.95 bits per heavy atom. The van der Waals surface area contributed by atoms with Gasteiger partial charge >= 0.3 is 0 Å². The van der Waals surface area contributed by atoms with Crippen molar-refractivity contribution in [3.8, 4) is 0 Å². The molecule has 1 saturated carbocycles. The van der Waals surface area contributed by atoms with Gasteiger partial charge in [-0.25, -0.2) is 0 Å². The third kappa shape index (κ3) is 2.74. The van der Waals surface area contributed by atoms with E-state index >= 15 is 0 Å². The molecule has 1 amide bonds. The summed E-state index contributed by atoms with van der Waals surface area (Å²) in [5, 5.41) is 3.39. The van der Waals surface area contributed by atoms with E-state index in [2.05, 4.69) is 24.1 Å². The first kappa shape index (κ1) is 14.3. The molecule has 1 aliphatic carbocycles. The second-order valence-electron chi connectivity index (χ2n) is 5.38. The van der Waals surface area contributed by atoms with Crippen LogP contribution in [-0.2, 0) is 4.74 Å². The van der Waals surface area contributed by atoms with Crippen molar-refractivity contribution in [2.75, 3.05) is 6.61 Å². The molecule has 0 spiro atoms. The zero-order valence-corrected chi connectivity index (χ0v) is 12.2. The fourth-order valence-corrected chi connectivity index (χ4v) is 2.61. The topological polar surface area (TPSA) is 51.2 Å². The zero-order chi connectivity index (χ0) is 14.0. The van der Waals surface area contributed by atoms with E-state index in [0.29, 0.717) is 17.2 Å². The second kappa shape index (κ2) is 5.47. The van der Waals surface area contributed by atoms with Crippen molar-refractivity contribution < 1.29 is 9.53 Å². The maximum absolute atomic E-state index is 12.2. The maximum Gasteiger partial charge on any atom is 0.253 e. The highest BCUT2D eigenvalue weighted by Gasteiger charge is 2.49. The van der Waals surface area contributed by atoms with E-state index in [1.165, 1.54) is 6.20 Å². The lowest BCUT2D eigenvalue weighted by molar-refractivity contribution is -0.111. The predicted molar refractivity (Wildman–Crippen MR) is 74.3 cm³/mol. The van der Waals surface area contributed by atoms with Crippen molar-refractivity contribution in [1.82, 2.24) is 10.3 Å². The highest BCUT2D eigenvalue weighted by Crippen LogP contribution is 2.42. The molecule has 2 atom stereocenters. The lowest BCUT2D eigenvalue weighted by atomic mass is 9.64. The number of pyridine rings is 1. The van der Waals surface area contributed by atoms with E-state index in [9.17, 15) is 4.79 Å². The molecule has 104 valence electrons. The number of ether oxygens (including phenoxy) is 1. The molecule has 2 rings (SSSR count). The highest BCUT2D eigenvalue weighted by molar-refractivity contribution is 6.33. The van der Waals surface area contributed by atoms with Crippen LogP contribution in [0.4, 0.5) is 0 Å². The van der Waals surface area contributed by atoms with Crippen molar-refractivity contribution in [2.24, 2.45) is 5.41 Å². The Kier molecular flexibility index (Phi) is 4.11. The van der Waals surface area contributed by atoms with Crippen LogP contribution >= 0.6 is 11.6 Å². The summed E-state index contributed by atoms with van der Waals surface area (Å²) in [4.78, 5) is 16.0. The number of nitrogens with one attached hydrogen (secondary N) is 1. The number of amides is 1. The summed E-state index contributed by atoms with van der Waals surface area (Å²) < 4.78 is 5.65. The molecule has 1 aliphatic rings. The van der Waals surface area contributed by atoms with E-state index in [1.807, 2.05) is 6.92 Å². The molecule has 2 unspecified atom stereocenters. The summed E-state index contributed by atoms with van der Waals surface area (Å²) in [5.74, 6) is -0.152. The number of nitrogens with zero attached hydrogens (tertiary/aromatic N) is 1. The summed E-state index contributed by atoms with van der Waals surface area (Å²) in [7, 11) is 0. The summed E-state index contributed by atoms with van der Waals surface area (Å²) in [6.45, 7) is 6.90. The average molecular weight is 283 g/mol. The summed E-state index contributed by atoms with van der Waals surface area (Å²) in [6.07, 6.45) is 4.09. The minimum atomic E-state index is -0.152. The van der Waals surface area contributed by atoms with Gasteiger partial charge in [-0.3, -0.25) is 9.78 Å². The molecule has 1 aromatic heterocycles.